The molecule has 0 aliphatic rings. The molecule has 4 nitrogen and oxygen atoms in total. The highest BCUT2D eigenvalue weighted by Crippen LogP contribution is 2.40. The molecule has 0 rings (SSSR count). The number of rotatable bonds is 12. The number of Topliss-reactive ketones (excluding diaryl/α,β-unsaturated/α-hetero) is 1. The fraction of sp³-hybridized carbons (Fsp3) is 0.778. The number of hydrogen-bond donors (Lipinski definition) is 1. The molecular formula is C27H51NO3Si. The third kappa shape index (κ3) is 9.74. The molecule has 186 valence electrons. The molecule has 4 atom stereocenters. The summed E-state index contributed by atoms with van der Waals surface area (Å²) in [5.41, 5.74) is 1.94. The van der Waals surface area contributed by atoms with E-state index in [2.05, 4.69) is 86.8 Å². The maximum Gasteiger partial charge on any atom is 0.247 e. The van der Waals surface area contributed by atoms with E-state index in [1.165, 1.54) is 5.57 Å². The van der Waals surface area contributed by atoms with Gasteiger partial charge < -0.3 is 9.74 Å². The van der Waals surface area contributed by atoms with Gasteiger partial charge in [-0.15, -0.1) is 0 Å². The Morgan fingerprint density at radius 3 is 1.97 bits per heavy atom. The summed E-state index contributed by atoms with van der Waals surface area (Å²) >= 11 is 0. The predicted octanol–water partition coefficient (Wildman–Crippen LogP) is 7.07. The Morgan fingerprint density at radius 1 is 1.03 bits per heavy atom. The van der Waals surface area contributed by atoms with Crippen molar-refractivity contribution in [2.24, 2.45) is 17.8 Å². The molecule has 0 heterocycles. The molecule has 0 aliphatic heterocycles. The Hall–Kier alpha value is -1.20. The van der Waals surface area contributed by atoms with Crippen molar-refractivity contribution in [1.29, 1.82) is 0 Å². The quantitative estimate of drug-likeness (QED) is 0.190. The maximum atomic E-state index is 12.6. The number of allylic oxidation sites excluding steroid dienone is 2. The van der Waals surface area contributed by atoms with Gasteiger partial charge in [-0.2, -0.15) is 0 Å². The second-order valence-electron chi connectivity index (χ2n) is 11.6. The summed E-state index contributed by atoms with van der Waals surface area (Å²) in [4.78, 5) is 24.5. The van der Waals surface area contributed by atoms with E-state index in [1.54, 1.807) is 6.92 Å². The topological polar surface area (TPSA) is 55.4 Å². The zero-order valence-electron chi connectivity index (χ0n) is 23.2. The van der Waals surface area contributed by atoms with Crippen molar-refractivity contribution in [3.05, 3.63) is 23.3 Å². The van der Waals surface area contributed by atoms with Crippen molar-refractivity contribution in [2.75, 3.05) is 0 Å². The van der Waals surface area contributed by atoms with Gasteiger partial charge in [0.2, 0.25) is 5.91 Å². The van der Waals surface area contributed by atoms with Crippen LogP contribution in [0.2, 0.25) is 18.1 Å². The number of amides is 1. The molecule has 0 aliphatic carbocycles. The smallest absolute Gasteiger partial charge is 0.247 e. The lowest BCUT2D eigenvalue weighted by Crippen LogP contribution is -2.46. The van der Waals surface area contributed by atoms with E-state index in [9.17, 15) is 9.59 Å². The summed E-state index contributed by atoms with van der Waals surface area (Å²) in [6, 6.07) is -0.415. The van der Waals surface area contributed by atoms with E-state index < -0.39 is 14.4 Å². The highest BCUT2D eigenvalue weighted by atomic mass is 28.4. The van der Waals surface area contributed by atoms with E-state index in [4.69, 9.17) is 4.43 Å². The van der Waals surface area contributed by atoms with Crippen LogP contribution in [0.4, 0.5) is 0 Å². The van der Waals surface area contributed by atoms with E-state index >= 15 is 0 Å². The molecule has 0 fully saturated rings. The van der Waals surface area contributed by atoms with Gasteiger partial charge in [0.25, 0.3) is 0 Å². The Labute approximate surface area is 199 Å². The van der Waals surface area contributed by atoms with Crippen LogP contribution < -0.4 is 5.32 Å². The second kappa shape index (κ2) is 12.9. The molecule has 0 bridgehead atoms. The summed E-state index contributed by atoms with van der Waals surface area (Å²) in [5, 5.41) is 3.07. The Kier molecular flexibility index (Phi) is 12.4. The third-order valence-electron chi connectivity index (χ3n) is 7.16. The van der Waals surface area contributed by atoms with Crippen LogP contribution in [-0.4, -0.2) is 32.2 Å². The van der Waals surface area contributed by atoms with Crippen molar-refractivity contribution in [2.45, 2.75) is 119 Å². The molecule has 1 N–H and O–H groups in total. The first-order valence-electron chi connectivity index (χ1n) is 12.2. The first kappa shape index (κ1) is 30.8. The molecular weight excluding hydrogens is 414 g/mol. The molecule has 5 heteroatoms. The molecule has 0 saturated carbocycles. The van der Waals surface area contributed by atoms with Crippen LogP contribution in [0.5, 0.6) is 0 Å². The lowest BCUT2D eigenvalue weighted by atomic mass is 9.85. The first-order valence-corrected chi connectivity index (χ1v) is 15.1. The average Bonchev–Trinajstić information content (AvgIpc) is 2.66. The van der Waals surface area contributed by atoms with Crippen molar-refractivity contribution in [3.63, 3.8) is 0 Å². The minimum Gasteiger partial charge on any atom is -0.410 e. The second-order valence-corrected chi connectivity index (χ2v) is 16.3. The summed E-state index contributed by atoms with van der Waals surface area (Å²) < 4.78 is 6.84. The molecule has 0 aromatic heterocycles. The summed E-state index contributed by atoms with van der Waals surface area (Å²) in [5.74, 6) is 0.876. The van der Waals surface area contributed by atoms with Crippen LogP contribution in [0, 0.1) is 17.8 Å². The van der Waals surface area contributed by atoms with Gasteiger partial charge in [0.05, 0.1) is 12.1 Å². The van der Waals surface area contributed by atoms with Crippen LogP contribution >= 0.6 is 0 Å². The molecule has 0 radical (unpaired) electrons. The molecule has 1 unspecified atom stereocenters. The number of carbonyl (C=O) groups excluding carboxylic acids is 2. The minimum atomic E-state index is -1.91. The van der Waals surface area contributed by atoms with Crippen LogP contribution in [0.25, 0.3) is 0 Å². The van der Waals surface area contributed by atoms with Crippen molar-refractivity contribution < 1.29 is 14.0 Å². The number of carbonyl (C=O) groups is 2. The predicted molar refractivity (Wildman–Crippen MR) is 140 cm³/mol. The SMILES string of the molecule is C/C=C(\C)[C@@H](O[Si](C)(C)C(C)(C)C)[C@@H](C)[C@@H](C)C/C=C(\C)C(=O)NC(CC(C)C)C(C)=O. The number of nitrogens with one attached hydrogen (secondary N) is 1. The highest BCUT2D eigenvalue weighted by molar-refractivity contribution is 6.74. The summed E-state index contributed by atoms with van der Waals surface area (Å²) in [6.07, 6.45) is 5.70. The monoisotopic (exact) mass is 465 g/mol. The Morgan fingerprint density at radius 2 is 1.56 bits per heavy atom. The van der Waals surface area contributed by atoms with Gasteiger partial charge >= 0.3 is 0 Å². The highest BCUT2D eigenvalue weighted by Gasteiger charge is 2.41. The zero-order valence-corrected chi connectivity index (χ0v) is 24.2. The van der Waals surface area contributed by atoms with Gasteiger partial charge in [0.1, 0.15) is 0 Å². The van der Waals surface area contributed by atoms with E-state index in [-0.39, 0.29) is 22.8 Å². The van der Waals surface area contributed by atoms with Gasteiger partial charge in [-0.25, -0.2) is 0 Å². The van der Waals surface area contributed by atoms with Crippen LogP contribution in [-0.2, 0) is 14.0 Å². The van der Waals surface area contributed by atoms with Gasteiger partial charge in [0, 0.05) is 5.57 Å². The largest absolute Gasteiger partial charge is 0.410 e. The zero-order chi connectivity index (χ0) is 25.4. The normalized spacial score (nSPS) is 17.7. The van der Waals surface area contributed by atoms with Crippen molar-refractivity contribution in [1.82, 2.24) is 5.32 Å². The Bertz CT molecular complexity index is 686. The molecule has 0 spiro atoms. The number of hydrogen-bond acceptors (Lipinski definition) is 3. The van der Waals surface area contributed by atoms with Gasteiger partial charge in [-0.05, 0) is 82.0 Å². The fourth-order valence-electron chi connectivity index (χ4n) is 3.31. The van der Waals surface area contributed by atoms with Crippen LogP contribution in [0.1, 0.15) is 89.0 Å². The fourth-order valence-corrected chi connectivity index (χ4v) is 4.70. The van der Waals surface area contributed by atoms with Crippen molar-refractivity contribution in [3.8, 4) is 0 Å². The van der Waals surface area contributed by atoms with Crippen LogP contribution in [0.15, 0.2) is 23.3 Å². The van der Waals surface area contributed by atoms with Gasteiger partial charge in [0.15, 0.2) is 14.1 Å². The van der Waals surface area contributed by atoms with Gasteiger partial charge in [-0.3, -0.25) is 9.59 Å². The average molecular weight is 466 g/mol. The molecule has 32 heavy (non-hydrogen) atoms. The first-order chi connectivity index (χ1) is 14.4. The Balaban J connectivity index is 5.36. The molecule has 0 saturated heterocycles. The lowest BCUT2D eigenvalue weighted by molar-refractivity contribution is -0.125. The molecule has 0 aromatic rings. The van der Waals surface area contributed by atoms with Gasteiger partial charge in [-0.1, -0.05) is 60.6 Å². The molecule has 1 amide bonds. The van der Waals surface area contributed by atoms with E-state index in [0.29, 0.717) is 29.7 Å². The summed E-state index contributed by atoms with van der Waals surface area (Å²) in [6.45, 7) is 27.6. The lowest BCUT2D eigenvalue weighted by Gasteiger charge is -2.42. The van der Waals surface area contributed by atoms with Crippen molar-refractivity contribution >= 4 is 20.0 Å². The molecule has 0 aromatic carbocycles. The third-order valence-corrected chi connectivity index (χ3v) is 11.6. The summed E-state index contributed by atoms with van der Waals surface area (Å²) in [7, 11) is -1.91. The number of ketones is 1. The van der Waals surface area contributed by atoms with Crippen LogP contribution in [0.3, 0.4) is 0 Å². The van der Waals surface area contributed by atoms with E-state index in [0.717, 1.165) is 6.42 Å². The standard InChI is InChI=1S/C27H51NO3Si/c1-14-19(4)25(31-32(12,13)27(9,10)11)22(7)20(5)15-16-21(6)26(30)28-24(23(8)29)17-18(2)3/h14,16,18,20,22,24-25H,15,17H2,1-13H3,(H,28,30)/b19-14+,21-16+/t20-,22-,24?,25+/m0/s1. The maximum absolute atomic E-state index is 12.6. The minimum absolute atomic E-state index is 0.00860. The van der Waals surface area contributed by atoms with E-state index in [1.807, 2.05) is 13.0 Å².